The highest BCUT2D eigenvalue weighted by molar-refractivity contribution is 5.75. The Hall–Kier alpha value is -2.69. The number of carboxylic acids is 1. The third kappa shape index (κ3) is 2.38. The third-order valence-corrected chi connectivity index (χ3v) is 2.92. The van der Waals surface area contributed by atoms with Gasteiger partial charge in [-0.2, -0.15) is 0 Å². The van der Waals surface area contributed by atoms with Gasteiger partial charge in [-0.05, 0) is 24.3 Å². The lowest BCUT2D eigenvalue weighted by Crippen LogP contribution is -2.18. The predicted molar refractivity (Wildman–Crippen MR) is 70.0 cm³/mol. The first-order valence-electron chi connectivity index (χ1n) is 6.08. The maximum absolute atomic E-state index is 11.4. The molecule has 5 heteroatoms. The molecule has 1 heterocycles. The van der Waals surface area contributed by atoms with Crippen molar-refractivity contribution < 1.29 is 24.1 Å². The Bertz CT molecular complexity index is 623. The first-order chi connectivity index (χ1) is 9.74. The molecule has 2 aromatic rings. The van der Waals surface area contributed by atoms with Crippen LogP contribution < -0.4 is 14.2 Å². The molecule has 0 saturated carbocycles. The van der Waals surface area contributed by atoms with Gasteiger partial charge in [-0.3, -0.25) is 0 Å². The van der Waals surface area contributed by atoms with Gasteiger partial charge in [0.1, 0.15) is 5.75 Å². The number of hydrogen-bond acceptors (Lipinski definition) is 4. The van der Waals surface area contributed by atoms with E-state index in [4.69, 9.17) is 14.2 Å². The average molecular weight is 272 g/mol. The van der Waals surface area contributed by atoms with E-state index >= 15 is 0 Å². The molecule has 102 valence electrons. The van der Waals surface area contributed by atoms with Crippen LogP contribution in [0, 0.1) is 0 Å². The fraction of sp³-hybridized carbons (Fsp3) is 0.133. The van der Waals surface area contributed by atoms with Gasteiger partial charge in [0, 0.05) is 5.56 Å². The smallest absolute Gasteiger partial charge is 0.349 e. The van der Waals surface area contributed by atoms with Gasteiger partial charge < -0.3 is 19.3 Å². The Kier molecular flexibility index (Phi) is 3.16. The summed E-state index contributed by atoms with van der Waals surface area (Å²) in [6, 6.07) is 13.8. The summed E-state index contributed by atoms with van der Waals surface area (Å²) in [5.74, 6) is 0.577. The van der Waals surface area contributed by atoms with E-state index in [1.54, 1.807) is 42.5 Å². The van der Waals surface area contributed by atoms with Crippen molar-refractivity contribution in [2.24, 2.45) is 0 Å². The van der Waals surface area contributed by atoms with Crippen molar-refractivity contribution in [3.63, 3.8) is 0 Å². The van der Waals surface area contributed by atoms with E-state index in [0.717, 1.165) is 0 Å². The summed E-state index contributed by atoms with van der Waals surface area (Å²) < 4.78 is 16.0. The van der Waals surface area contributed by atoms with Gasteiger partial charge in [-0.15, -0.1) is 0 Å². The molecule has 3 rings (SSSR count). The van der Waals surface area contributed by atoms with E-state index in [9.17, 15) is 9.90 Å². The van der Waals surface area contributed by atoms with Crippen LogP contribution in [0.1, 0.15) is 11.7 Å². The Morgan fingerprint density at radius 3 is 2.60 bits per heavy atom. The van der Waals surface area contributed by atoms with Gasteiger partial charge in [0.15, 0.2) is 11.5 Å². The zero-order valence-corrected chi connectivity index (χ0v) is 10.5. The third-order valence-electron chi connectivity index (χ3n) is 2.92. The minimum Gasteiger partial charge on any atom is -0.478 e. The van der Waals surface area contributed by atoms with Crippen molar-refractivity contribution >= 4 is 5.97 Å². The highest BCUT2D eigenvalue weighted by atomic mass is 16.7. The molecular weight excluding hydrogens is 260 g/mol. The lowest BCUT2D eigenvalue weighted by molar-refractivity contribution is -0.145. The topological polar surface area (TPSA) is 65.0 Å². The van der Waals surface area contributed by atoms with Crippen LogP contribution in [0.3, 0.4) is 0 Å². The number of rotatable bonds is 4. The average Bonchev–Trinajstić information content (AvgIpc) is 2.93. The summed E-state index contributed by atoms with van der Waals surface area (Å²) >= 11 is 0. The van der Waals surface area contributed by atoms with Gasteiger partial charge in [0.05, 0.1) is 0 Å². The monoisotopic (exact) mass is 272 g/mol. The minimum atomic E-state index is -1.09. The highest BCUT2D eigenvalue weighted by Crippen LogP contribution is 2.35. The molecule has 1 aliphatic heterocycles. The molecule has 0 aliphatic carbocycles. The van der Waals surface area contributed by atoms with Crippen molar-refractivity contribution in [2.75, 3.05) is 6.79 Å². The molecular formula is C15H12O5. The molecule has 0 spiro atoms. The number of ether oxygens (including phenoxy) is 3. The van der Waals surface area contributed by atoms with E-state index in [2.05, 4.69) is 0 Å². The summed E-state index contributed by atoms with van der Waals surface area (Å²) in [6.45, 7) is 0.149. The van der Waals surface area contributed by atoms with E-state index in [-0.39, 0.29) is 6.79 Å². The van der Waals surface area contributed by atoms with Crippen molar-refractivity contribution in [3.8, 4) is 17.2 Å². The van der Waals surface area contributed by atoms with Crippen molar-refractivity contribution in [1.29, 1.82) is 0 Å². The molecule has 0 amide bonds. The molecule has 1 atom stereocenters. The number of benzene rings is 2. The molecule has 1 N–H and O–H groups in total. The summed E-state index contributed by atoms with van der Waals surface area (Å²) in [6.07, 6.45) is -1.09. The van der Waals surface area contributed by atoms with Crippen LogP contribution in [0.15, 0.2) is 48.5 Å². The van der Waals surface area contributed by atoms with Crippen molar-refractivity contribution in [1.82, 2.24) is 0 Å². The quantitative estimate of drug-likeness (QED) is 0.926. The fourth-order valence-electron chi connectivity index (χ4n) is 1.97. The summed E-state index contributed by atoms with van der Waals surface area (Å²) in [5.41, 5.74) is 0.505. The zero-order chi connectivity index (χ0) is 13.9. The number of hydrogen-bond donors (Lipinski definition) is 1. The highest BCUT2D eigenvalue weighted by Gasteiger charge is 2.24. The second-order valence-electron chi connectivity index (χ2n) is 4.26. The first-order valence-corrected chi connectivity index (χ1v) is 6.08. The summed E-state index contributed by atoms with van der Waals surface area (Å²) in [4.78, 5) is 11.4. The van der Waals surface area contributed by atoms with E-state index in [0.29, 0.717) is 22.8 Å². The maximum Gasteiger partial charge on any atom is 0.349 e. The number of carboxylic acid groups (broad SMARTS) is 1. The molecule has 20 heavy (non-hydrogen) atoms. The van der Waals surface area contributed by atoms with Gasteiger partial charge in [-0.25, -0.2) is 4.79 Å². The largest absolute Gasteiger partial charge is 0.478 e. The molecule has 0 aromatic heterocycles. The Balaban J connectivity index is 1.89. The fourth-order valence-corrected chi connectivity index (χ4v) is 1.97. The number of carbonyl (C=O) groups is 1. The van der Waals surface area contributed by atoms with E-state index in [1.165, 1.54) is 0 Å². The van der Waals surface area contributed by atoms with Gasteiger partial charge >= 0.3 is 5.97 Å². The predicted octanol–water partition coefficient (Wildman–Crippen LogP) is 2.62. The maximum atomic E-state index is 11.4. The van der Waals surface area contributed by atoms with E-state index in [1.807, 2.05) is 6.07 Å². The molecule has 2 aromatic carbocycles. The second-order valence-corrected chi connectivity index (χ2v) is 4.26. The Labute approximate surface area is 115 Å². The summed E-state index contributed by atoms with van der Waals surface area (Å²) in [5, 5.41) is 9.34. The van der Waals surface area contributed by atoms with Crippen LogP contribution in [0.4, 0.5) is 0 Å². The normalized spacial score (nSPS) is 13.8. The Morgan fingerprint density at radius 2 is 1.85 bits per heavy atom. The zero-order valence-electron chi connectivity index (χ0n) is 10.5. The first kappa shape index (κ1) is 12.3. The number of aliphatic carboxylic acids is 1. The molecule has 5 nitrogen and oxygen atoms in total. The minimum absolute atomic E-state index is 0.149. The second kappa shape index (κ2) is 5.13. The van der Waals surface area contributed by atoms with Crippen molar-refractivity contribution in [3.05, 3.63) is 54.1 Å². The lowest BCUT2D eigenvalue weighted by atomic mass is 10.1. The van der Waals surface area contributed by atoms with E-state index < -0.39 is 12.1 Å². The summed E-state index contributed by atoms with van der Waals surface area (Å²) in [7, 11) is 0. The number of fused-ring (bicyclic) bond motifs is 1. The van der Waals surface area contributed by atoms with Gasteiger partial charge in [0.2, 0.25) is 12.9 Å². The SMILES string of the molecule is O=C(O)C(Oc1ccccc1)c1ccc2c(c1)OCO2. The molecule has 1 unspecified atom stereocenters. The van der Waals surface area contributed by atoms with Crippen LogP contribution in [-0.2, 0) is 4.79 Å². The van der Waals surface area contributed by atoms with Crippen LogP contribution >= 0.6 is 0 Å². The van der Waals surface area contributed by atoms with Crippen LogP contribution in [0.25, 0.3) is 0 Å². The lowest BCUT2D eigenvalue weighted by Gasteiger charge is -2.15. The van der Waals surface area contributed by atoms with Crippen LogP contribution in [-0.4, -0.2) is 17.9 Å². The van der Waals surface area contributed by atoms with Gasteiger partial charge in [0.25, 0.3) is 0 Å². The molecule has 1 aliphatic rings. The molecule has 0 fully saturated rings. The molecule has 0 saturated heterocycles. The number of para-hydroxylation sites is 1. The molecule has 0 radical (unpaired) electrons. The van der Waals surface area contributed by atoms with Crippen LogP contribution in [0.5, 0.6) is 17.2 Å². The Morgan fingerprint density at radius 1 is 1.10 bits per heavy atom. The molecule has 0 bridgehead atoms. The van der Waals surface area contributed by atoms with Crippen molar-refractivity contribution in [2.45, 2.75) is 6.10 Å². The van der Waals surface area contributed by atoms with Crippen LogP contribution in [0.2, 0.25) is 0 Å². The standard InChI is InChI=1S/C15H12O5/c16-15(17)14(20-11-4-2-1-3-5-11)10-6-7-12-13(8-10)19-9-18-12/h1-8,14H,9H2,(H,16,17). The van der Waals surface area contributed by atoms with Gasteiger partial charge in [-0.1, -0.05) is 24.3 Å².